The summed E-state index contributed by atoms with van der Waals surface area (Å²) in [7, 11) is 0. The Morgan fingerprint density at radius 3 is 2.59 bits per heavy atom. The molecule has 1 aliphatic carbocycles. The molecule has 0 spiro atoms. The summed E-state index contributed by atoms with van der Waals surface area (Å²) in [6, 6.07) is 6.93. The lowest BCUT2D eigenvalue weighted by atomic mass is 9.89. The second-order valence-electron chi connectivity index (χ2n) is 7.08. The third-order valence-corrected chi connectivity index (χ3v) is 5.28. The minimum atomic E-state index is 0.0825. The third-order valence-electron chi connectivity index (χ3n) is 5.28. The SMILES string of the molecule is CC1CCN(C(=O)NC(C)c2ccc3c(c2)CCCC3)CC1. The van der Waals surface area contributed by atoms with E-state index in [2.05, 4.69) is 37.4 Å². The second kappa shape index (κ2) is 6.72. The number of carbonyl (C=O) groups excluding carboxylic acids is 1. The molecule has 22 heavy (non-hydrogen) atoms. The van der Waals surface area contributed by atoms with Gasteiger partial charge < -0.3 is 10.2 Å². The number of likely N-dealkylation sites (tertiary alicyclic amines) is 1. The summed E-state index contributed by atoms with van der Waals surface area (Å²) in [5.74, 6) is 0.752. The Morgan fingerprint density at radius 1 is 1.18 bits per heavy atom. The molecule has 1 saturated heterocycles. The van der Waals surface area contributed by atoms with Crippen LogP contribution in [0.25, 0.3) is 0 Å². The molecule has 3 nitrogen and oxygen atoms in total. The predicted octanol–water partition coefficient (Wildman–Crippen LogP) is 4.07. The molecule has 1 fully saturated rings. The maximum absolute atomic E-state index is 12.4. The number of piperidine rings is 1. The van der Waals surface area contributed by atoms with Crippen molar-refractivity contribution in [3.05, 3.63) is 34.9 Å². The van der Waals surface area contributed by atoms with Crippen LogP contribution in [0.1, 0.15) is 62.3 Å². The van der Waals surface area contributed by atoms with Crippen LogP contribution in [-0.2, 0) is 12.8 Å². The summed E-state index contributed by atoms with van der Waals surface area (Å²) in [5, 5.41) is 3.17. The summed E-state index contributed by atoms with van der Waals surface area (Å²) < 4.78 is 0. The lowest BCUT2D eigenvalue weighted by Gasteiger charge is -2.31. The van der Waals surface area contributed by atoms with Crippen molar-refractivity contribution in [2.45, 2.75) is 58.4 Å². The number of hydrogen-bond donors (Lipinski definition) is 1. The summed E-state index contributed by atoms with van der Waals surface area (Å²) in [5.41, 5.74) is 4.22. The van der Waals surface area contributed by atoms with Crippen LogP contribution in [0.5, 0.6) is 0 Å². The van der Waals surface area contributed by atoms with Crippen LogP contribution in [0.15, 0.2) is 18.2 Å². The van der Waals surface area contributed by atoms with Crippen LogP contribution in [0.3, 0.4) is 0 Å². The molecule has 1 aromatic carbocycles. The third kappa shape index (κ3) is 3.45. The van der Waals surface area contributed by atoms with Crippen molar-refractivity contribution in [3.8, 4) is 0 Å². The Bertz CT molecular complexity index is 532. The molecule has 1 aliphatic heterocycles. The molecule has 1 unspecified atom stereocenters. The fourth-order valence-corrected chi connectivity index (χ4v) is 3.59. The molecule has 0 saturated carbocycles. The van der Waals surface area contributed by atoms with Gasteiger partial charge in [0.1, 0.15) is 0 Å². The van der Waals surface area contributed by atoms with E-state index in [9.17, 15) is 4.79 Å². The quantitative estimate of drug-likeness (QED) is 0.877. The minimum Gasteiger partial charge on any atom is -0.331 e. The first kappa shape index (κ1) is 15.4. The highest BCUT2D eigenvalue weighted by molar-refractivity contribution is 5.74. The molecular formula is C19H28N2O. The number of urea groups is 1. The summed E-state index contributed by atoms with van der Waals surface area (Å²) in [6.45, 7) is 6.15. The smallest absolute Gasteiger partial charge is 0.317 e. The summed E-state index contributed by atoms with van der Waals surface area (Å²) >= 11 is 0. The average Bonchev–Trinajstić information content (AvgIpc) is 2.55. The van der Waals surface area contributed by atoms with Gasteiger partial charge in [-0.3, -0.25) is 0 Å². The van der Waals surface area contributed by atoms with Gasteiger partial charge in [-0.1, -0.05) is 25.1 Å². The van der Waals surface area contributed by atoms with Crippen molar-refractivity contribution in [3.63, 3.8) is 0 Å². The van der Waals surface area contributed by atoms with Crippen molar-refractivity contribution >= 4 is 6.03 Å². The van der Waals surface area contributed by atoms with Crippen LogP contribution in [0, 0.1) is 5.92 Å². The fraction of sp³-hybridized carbons (Fsp3) is 0.632. The van der Waals surface area contributed by atoms with Gasteiger partial charge in [-0.15, -0.1) is 0 Å². The standard InChI is InChI=1S/C19H28N2O/c1-14-9-11-21(12-10-14)19(22)20-15(2)17-8-7-16-5-3-4-6-18(16)13-17/h7-8,13-15H,3-6,9-12H2,1-2H3,(H,20,22). The van der Waals surface area contributed by atoms with E-state index >= 15 is 0 Å². The summed E-state index contributed by atoms with van der Waals surface area (Å²) in [4.78, 5) is 14.4. The highest BCUT2D eigenvalue weighted by Gasteiger charge is 2.22. The Labute approximate surface area is 134 Å². The zero-order chi connectivity index (χ0) is 15.5. The Kier molecular flexibility index (Phi) is 4.70. The number of carbonyl (C=O) groups is 1. The van der Waals surface area contributed by atoms with Crippen LogP contribution in [0.2, 0.25) is 0 Å². The fourth-order valence-electron chi connectivity index (χ4n) is 3.59. The van der Waals surface area contributed by atoms with Crippen LogP contribution < -0.4 is 5.32 Å². The Morgan fingerprint density at radius 2 is 1.86 bits per heavy atom. The van der Waals surface area contributed by atoms with E-state index in [-0.39, 0.29) is 12.1 Å². The molecule has 120 valence electrons. The van der Waals surface area contributed by atoms with Gasteiger partial charge in [0.25, 0.3) is 0 Å². The van der Waals surface area contributed by atoms with E-state index in [1.807, 2.05) is 4.90 Å². The maximum atomic E-state index is 12.4. The zero-order valence-corrected chi connectivity index (χ0v) is 13.9. The van der Waals surface area contributed by atoms with Crippen molar-refractivity contribution in [1.29, 1.82) is 0 Å². The average molecular weight is 300 g/mol. The molecule has 0 bridgehead atoms. The van der Waals surface area contributed by atoms with Crippen molar-refractivity contribution in [2.24, 2.45) is 5.92 Å². The molecule has 2 amide bonds. The number of aryl methyl sites for hydroxylation is 2. The highest BCUT2D eigenvalue weighted by Crippen LogP contribution is 2.25. The first-order chi connectivity index (χ1) is 10.6. The molecular weight excluding hydrogens is 272 g/mol. The van der Waals surface area contributed by atoms with Gasteiger partial charge in [-0.05, 0) is 68.1 Å². The van der Waals surface area contributed by atoms with Gasteiger partial charge in [0.15, 0.2) is 0 Å². The van der Waals surface area contributed by atoms with E-state index in [0.717, 1.165) is 31.8 Å². The Balaban J connectivity index is 1.61. The van der Waals surface area contributed by atoms with Crippen molar-refractivity contribution in [1.82, 2.24) is 10.2 Å². The van der Waals surface area contributed by atoms with E-state index in [0.29, 0.717) is 0 Å². The van der Waals surface area contributed by atoms with Crippen LogP contribution in [-0.4, -0.2) is 24.0 Å². The number of fused-ring (bicyclic) bond motifs is 1. The molecule has 3 heteroatoms. The second-order valence-corrected chi connectivity index (χ2v) is 7.08. The van der Waals surface area contributed by atoms with E-state index in [4.69, 9.17) is 0 Å². The monoisotopic (exact) mass is 300 g/mol. The van der Waals surface area contributed by atoms with E-state index in [1.165, 1.54) is 42.4 Å². The lowest BCUT2D eigenvalue weighted by Crippen LogP contribution is -2.44. The van der Waals surface area contributed by atoms with Gasteiger partial charge in [0, 0.05) is 13.1 Å². The van der Waals surface area contributed by atoms with Crippen LogP contribution in [0.4, 0.5) is 4.79 Å². The molecule has 0 aromatic heterocycles. The normalized spacial score (nSPS) is 20.4. The van der Waals surface area contributed by atoms with E-state index in [1.54, 1.807) is 0 Å². The van der Waals surface area contributed by atoms with Crippen molar-refractivity contribution in [2.75, 3.05) is 13.1 Å². The van der Waals surface area contributed by atoms with Gasteiger partial charge in [0.2, 0.25) is 0 Å². The van der Waals surface area contributed by atoms with Crippen molar-refractivity contribution < 1.29 is 4.79 Å². The number of rotatable bonds is 2. The largest absolute Gasteiger partial charge is 0.331 e. The molecule has 3 rings (SSSR count). The maximum Gasteiger partial charge on any atom is 0.317 e. The van der Waals surface area contributed by atoms with Gasteiger partial charge >= 0.3 is 6.03 Å². The minimum absolute atomic E-state index is 0.0825. The predicted molar refractivity (Wildman–Crippen MR) is 90.0 cm³/mol. The number of nitrogens with one attached hydrogen (secondary N) is 1. The van der Waals surface area contributed by atoms with Gasteiger partial charge in [0.05, 0.1) is 6.04 Å². The first-order valence-electron chi connectivity index (χ1n) is 8.80. The molecule has 0 radical (unpaired) electrons. The molecule has 1 atom stereocenters. The Hall–Kier alpha value is -1.51. The number of amides is 2. The first-order valence-corrected chi connectivity index (χ1v) is 8.80. The lowest BCUT2D eigenvalue weighted by molar-refractivity contribution is 0.171. The molecule has 1 N–H and O–H groups in total. The summed E-state index contributed by atoms with van der Waals surface area (Å²) in [6.07, 6.45) is 7.26. The molecule has 2 aliphatic rings. The molecule has 1 aromatic rings. The highest BCUT2D eigenvalue weighted by atomic mass is 16.2. The number of nitrogens with zero attached hydrogens (tertiary/aromatic N) is 1. The molecule has 1 heterocycles. The number of hydrogen-bond acceptors (Lipinski definition) is 1. The zero-order valence-electron chi connectivity index (χ0n) is 13.9. The van der Waals surface area contributed by atoms with Gasteiger partial charge in [-0.2, -0.15) is 0 Å². The van der Waals surface area contributed by atoms with Gasteiger partial charge in [-0.25, -0.2) is 4.79 Å². The number of benzene rings is 1. The van der Waals surface area contributed by atoms with E-state index < -0.39 is 0 Å². The topological polar surface area (TPSA) is 32.3 Å². The van der Waals surface area contributed by atoms with Crippen LogP contribution >= 0.6 is 0 Å².